The molecule has 0 atom stereocenters. The fourth-order valence-electron chi connectivity index (χ4n) is 5.07. The van der Waals surface area contributed by atoms with Crippen LogP contribution in [0, 0.1) is 12.7 Å². The van der Waals surface area contributed by atoms with Crippen molar-refractivity contribution in [1.82, 2.24) is 24.6 Å². The molecule has 1 saturated carbocycles. The van der Waals surface area contributed by atoms with Crippen LogP contribution in [0.2, 0.25) is 0 Å². The first-order valence-corrected chi connectivity index (χ1v) is 12.2. The molecule has 0 N–H and O–H groups in total. The van der Waals surface area contributed by atoms with Crippen LogP contribution in [-0.4, -0.2) is 56.7 Å². The summed E-state index contributed by atoms with van der Waals surface area (Å²) in [4.78, 5) is 25.9. The SMILES string of the molecule is Cc1cc(-c2cc(C3CCCCC3)n(CC(=O)N3CCN(c4ncccn4)CC3)n2)ccc1F. The van der Waals surface area contributed by atoms with E-state index >= 15 is 0 Å². The Labute approximate surface area is 199 Å². The van der Waals surface area contributed by atoms with Crippen molar-refractivity contribution in [2.45, 2.75) is 51.5 Å². The molecule has 0 spiro atoms. The Morgan fingerprint density at radius 2 is 1.76 bits per heavy atom. The van der Waals surface area contributed by atoms with Crippen molar-refractivity contribution in [3.8, 4) is 11.3 Å². The van der Waals surface area contributed by atoms with Gasteiger partial charge in [0.05, 0.1) is 5.69 Å². The van der Waals surface area contributed by atoms with Gasteiger partial charge in [0.1, 0.15) is 12.4 Å². The zero-order valence-electron chi connectivity index (χ0n) is 19.7. The van der Waals surface area contributed by atoms with Gasteiger partial charge in [0, 0.05) is 55.7 Å². The largest absolute Gasteiger partial charge is 0.338 e. The number of aromatic nitrogens is 4. The van der Waals surface area contributed by atoms with Gasteiger partial charge in [0.25, 0.3) is 0 Å². The van der Waals surface area contributed by atoms with Crippen LogP contribution in [0.3, 0.4) is 0 Å². The number of carbonyl (C=O) groups excluding carboxylic acids is 1. The molecule has 0 radical (unpaired) electrons. The molecule has 1 amide bonds. The van der Waals surface area contributed by atoms with Crippen molar-refractivity contribution in [3.05, 3.63) is 59.8 Å². The molecule has 3 aromatic rings. The molecular weight excluding hydrogens is 431 g/mol. The van der Waals surface area contributed by atoms with Gasteiger partial charge >= 0.3 is 0 Å². The van der Waals surface area contributed by atoms with Crippen molar-refractivity contribution in [2.75, 3.05) is 31.1 Å². The van der Waals surface area contributed by atoms with E-state index in [2.05, 4.69) is 20.9 Å². The first-order chi connectivity index (χ1) is 16.6. The molecule has 0 unspecified atom stereocenters. The van der Waals surface area contributed by atoms with E-state index in [0.717, 1.165) is 29.8 Å². The normalized spacial score (nSPS) is 17.2. The highest BCUT2D eigenvalue weighted by molar-refractivity contribution is 5.76. The van der Waals surface area contributed by atoms with E-state index in [1.165, 1.54) is 25.3 Å². The van der Waals surface area contributed by atoms with Crippen molar-refractivity contribution < 1.29 is 9.18 Å². The van der Waals surface area contributed by atoms with Crippen LogP contribution < -0.4 is 4.90 Å². The third-order valence-electron chi connectivity index (χ3n) is 7.04. The number of halogens is 1. The van der Waals surface area contributed by atoms with Gasteiger partial charge < -0.3 is 9.80 Å². The Morgan fingerprint density at radius 3 is 2.47 bits per heavy atom. The lowest BCUT2D eigenvalue weighted by molar-refractivity contribution is -0.132. The quantitative estimate of drug-likeness (QED) is 0.569. The van der Waals surface area contributed by atoms with E-state index in [9.17, 15) is 9.18 Å². The number of nitrogens with zero attached hydrogens (tertiary/aromatic N) is 6. The number of rotatable bonds is 5. The van der Waals surface area contributed by atoms with Gasteiger partial charge in [0.15, 0.2) is 0 Å². The summed E-state index contributed by atoms with van der Waals surface area (Å²) in [5.41, 5.74) is 3.42. The summed E-state index contributed by atoms with van der Waals surface area (Å²) >= 11 is 0. The first kappa shape index (κ1) is 22.5. The molecule has 3 heterocycles. The molecule has 5 rings (SSSR count). The molecule has 2 aromatic heterocycles. The maximum Gasteiger partial charge on any atom is 0.244 e. The lowest BCUT2D eigenvalue weighted by Gasteiger charge is -2.34. The molecule has 8 heteroatoms. The van der Waals surface area contributed by atoms with Gasteiger partial charge in [-0.15, -0.1) is 0 Å². The molecule has 1 aliphatic carbocycles. The summed E-state index contributed by atoms with van der Waals surface area (Å²) in [5.74, 6) is 0.985. The standard InChI is InChI=1S/C26H31FN6O/c1-19-16-21(8-9-22(19)27)23-17-24(20-6-3-2-4-7-20)33(30-23)18-25(34)31-12-14-32(15-13-31)26-28-10-5-11-29-26/h5,8-11,16-17,20H,2-4,6-7,12-15,18H2,1H3. The minimum atomic E-state index is -0.217. The first-order valence-electron chi connectivity index (χ1n) is 12.2. The molecule has 2 fully saturated rings. The van der Waals surface area contributed by atoms with Crippen LogP contribution in [0.15, 0.2) is 42.7 Å². The number of aryl methyl sites for hydroxylation is 1. The topological polar surface area (TPSA) is 67.2 Å². The van der Waals surface area contributed by atoms with Gasteiger partial charge in [-0.2, -0.15) is 5.10 Å². The maximum absolute atomic E-state index is 13.8. The lowest BCUT2D eigenvalue weighted by Crippen LogP contribution is -2.50. The van der Waals surface area contributed by atoms with Crippen LogP contribution in [0.25, 0.3) is 11.3 Å². The predicted molar refractivity (Wildman–Crippen MR) is 129 cm³/mol. The van der Waals surface area contributed by atoms with E-state index in [1.807, 2.05) is 15.6 Å². The van der Waals surface area contributed by atoms with Gasteiger partial charge in [-0.25, -0.2) is 14.4 Å². The Morgan fingerprint density at radius 1 is 1.03 bits per heavy atom. The van der Waals surface area contributed by atoms with Crippen molar-refractivity contribution in [2.24, 2.45) is 0 Å². The van der Waals surface area contributed by atoms with E-state index in [1.54, 1.807) is 31.5 Å². The monoisotopic (exact) mass is 462 g/mol. The highest BCUT2D eigenvalue weighted by Gasteiger charge is 2.26. The van der Waals surface area contributed by atoms with Crippen LogP contribution in [-0.2, 0) is 11.3 Å². The summed E-state index contributed by atoms with van der Waals surface area (Å²) in [6.07, 6.45) is 9.41. The summed E-state index contributed by atoms with van der Waals surface area (Å²) in [6.45, 7) is 4.70. The average Bonchev–Trinajstić information content (AvgIpc) is 3.30. The van der Waals surface area contributed by atoms with Crippen molar-refractivity contribution in [1.29, 1.82) is 0 Å². The van der Waals surface area contributed by atoms with E-state index in [-0.39, 0.29) is 18.3 Å². The maximum atomic E-state index is 13.8. The van der Waals surface area contributed by atoms with Gasteiger partial charge in [-0.05, 0) is 55.7 Å². The van der Waals surface area contributed by atoms with Crippen molar-refractivity contribution in [3.63, 3.8) is 0 Å². The molecule has 7 nitrogen and oxygen atoms in total. The van der Waals surface area contributed by atoms with Crippen LogP contribution >= 0.6 is 0 Å². The minimum Gasteiger partial charge on any atom is -0.338 e. The van der Waals surface area contributed by atoms with Gasteiger partial charge in [0.2, 0.25) is 11.9 Å². The zero-order valence-corrected chi connectivity index (χ0v) is 19.7. The van der Waals surface area contributed by atoms with E-state index in [4.69, 9.17) is 5.10 Å². The average molecular weight is 463 g/mol. The van der Waals surface area contributed by atoms with Crippen LogP contribution in [0.5, 0.6) is 0 Å². The van der Waals surface area contributed by atoms with Gasteiger partial charge in [-0.1, -0.05) is 19.3 Å². The predicted octanol–water partition coefficient (Wildman–Crippen LogP) is 4.18. The summed E-state index contributed by atoms with van der Waals surface area (Å²) in [5, 5.41) is 4.84. The number of hydrogen-bond donors (Lipinski definition) is 0. The molecule has 1 saturated heterocycles. The fourth-order valence-corrected chi connectivity index (χ4v) is 5.07. The molecule has 1 aromatic carbocycles. The Hall–Kier alpha value is -3.29. The summed E-state index contributed by atoms with van der Waals surface area (Å²) < 4.78 is 15.7. The summed E-state index contributed by atoms with van der Waals surface area (Å²) in [6, 6.07) is 9.01. The van der Waals surface area contributed by atoms with Crippen LogP contribution in [0.4, 0.5) is 10.3 Å². The zero-order chi connectivity index (χ0) is 23.5. The number of benzene rings is 1. The Bertz CT molecular complexity index is 1130. The smallest absolute Gasteiger partial charge is 0.244 e. The fraction of sp³-hybridized carbons (Fsp3) is 0.462. The Kier molecular flexibility index (Phi) is 6.56. The third-order valence-corrected chi connectivity index (χ3v) is 7.04. The highest BCUT2D eigenvalue weighted by atomic mass is 19.1. The molecule has 34 heavy (non-hydrogen) atoms. The second-order valence-corrected chi connectivity index (χ2v) is 9.33. The number of piperazine rings is 1. The minimum absolute atomic E-state index is 0.0793. The number of carbonyl (C=O) groups is 1. The second-order valence-electron chi connectivity index (χ2n) is 9.33. The molecule has 178 valence electrons. The lowest BCUT2D eigenvalue weighted by atomic mass is 9.86. The van der Waals surface area contributed by atoms with E-state index < -0.39 is 0 Å². The third kappa shape index (κ3) is 4.81. The van der Waals surface area contributed by atoms with Gasteiger partial charge in [-0.3, -0.25) is 9.48 Å². The van der Waals surface area contributed by atoms with Crippen LogP contribution in [0.1, 0.15) is 49.3 Å². The van der Waals surface area contributed by atoms with E-state index in [0.29, 0.717) is 43.6 Å². The molecule has 2 aliphatic rings. The summed E-state index contributed by atoms with van der Waals surface area (Å²) in [7, 11) is 0. The molecule has 0 bridgehead atoms. The number of hydrogen-bond acceptors (Lipinski definition) is 5. The molecular formula is C26H31FN6O. The Balaban J connectivity index is 1.33. The number of anilines is 1. The molecule has 1 aliphatic heterocycles. The van der Waals surface area contributed by atoms with Crippen molar-refractivity contribution >= 4 is 11.9 Å². The highest BCUT2D eigenvalue weighted by Crippen LogP contribution is 2.35. The second kappa shape index (κ2) is 9.91. The number of amides is 1.